The maximum Gasteiger partial charge on any atom is 0.254 e. The third-order valence-corrected chi connectivity index (χ3v) is 4.55. The molecule has 0 aromatic heterocycles. The lowest BCUT2D eigenvalue weighted by atomic mass is 10.1. The predicted molar refractivity (Wildman–Crippen MR) is 81.2 cm³/mol. The average Bonchev–Trinajstić information content (AvgIpc) is 2.97. The summed E-state index contributed by atoms with van der Waals surface area (Å²) in [5, 5.41) is 0. The first-order chi connectivity index (χ1) is 11.1. The number of nitrogens with zero attached hydrogens (tertiary/aromatic N) is 2. The Kier molecular flexibility index (Phi) is 4.59. The van der Waals surface area contributed by atoms with Crippen LogP contribution in [0.5, 0.6) is 0 Å². The SMILES string of the molecule is O=C([C@@H]1C[C@H](F)CN1C(=O)c1ccc(F)cc1)N1CCCCC1. The molecular weight excluding hydrogens is 302 g/mol. The minimum atomic E-state index is -1.20. The molecule has 1 aromatic carbocycles. The van der Waals surface area contributed by atoms with Crippen molar-refractivity contribution >= 4 is 11.8 Å². The number of benzene rings is 1. The van der Waals surface area contributed by atoms with Gasteiger partial charge in [-0.25, -0.2) is 8.78 Å². The van der Waals surface area contributed by atoms with Crippen molar-refractivity contribution in [3.05, 3.63) is 35.6 Å². The van der Waals surface area contributed by atoms with Gasteiger partial charge in [0, 0.05) is 25.1 Å². The Labute approximate surface area is 134 Å². The summed E-state index contributed by atoms with van der Waals surface area (Å²) >= 11 is 0. The number of alkyl halides is 1. The normalized spacial score (nSPS) is 24.8. The van der Waals surface area contributed by atoms with Gasteiger partial charge in [-0.15, -0.1) is 0 Å². The van der Waals surface area contributed by atoms with Crippen LogP contribution in [-0.4, -0.2) is 53.5 Å². The third kappa shape index (κ3) is 3.35. The average molecular weight is 322 g/mol. The molecule has 2 saturated heterocycles. The fourth-order valence-electron chi connectivity index (χ4n) is 3.33. The van der Waals surface area contributed by atoms with Crippen LogP contribution in [0.1, 0.15) is 36.0 Å². The molecule has 0 radical (unpaired) electrons. The van der Waals surface area contributed by atoms with E-state index in [2.05, 4.69) is 0 Å². The van der Waals surface area contributed by atoms with E-state index in [1.54, 1.807) is 4.90 Å². The number of carbonyl (C=O) groups excluding carboxylic acids is 2. The van der Waals surface area contributed by atoms with Gasteiger partial charge in [0.15, 0.2) is 0 Å². The zero-order valence-electron chi connectivity index (χ0n) is 12.9. The second kappa shape index (κ2) is 6.64. The van der Waals surface area contributed by atoms with Gasteiger partial charge in [0.25, 0.3) is 5.91 Å². The summed E-state index contributed by atoms with van der Waals surface area (Å²) in [6.07, 6.45) is 1.84. The van der Waals surface area contributed by atoms with Gasteiger partial charge in [0.1, 0.15) is 18.0 Å². The lowest BCUT2D eigenvalue weighted by Crippen LogP contribution is -2.49. The van der Waals surface area contributed by atoms with Gasteiger partial charge in [-0.05, 0) is 43.5 Å². The molecule has 2 fully saturated rings. The Hall–Kier alpha value is -1.98. The molecule has 2 heterocycles. The molecular formula is C17H20F2N2O2. The van der Waals surface area contributed by atoms with Crippen molar-refractivity contribution < 1.29 is 18.4 Å². The maximum absolute atomic E-state index is 13.9. The second-order valence-electron chi connectivity index (χ2n) is 6.20. The van der Waals surface area contributed by atoms with Crippen LogP contribution in [0.3, 0.4) is 0 Å². The molecule has 2 aliphatic heterocycles. The van der Waals surface area contributed by atoms with Crippen molar-refractivity contribution in [3.63, 3.8) is 0 Å². The van der Waals surface area contributed by atoms with E-state index in [1.165, 1.54) is 29.2 Å². The van der Waals surface area contributed by atoms with Crippen molar-refractivity contribution in [1.82, 2.24) is 9.80 Å². The first-order valence-electron chi connectivity index (χ1n) is 8.05. The van der Waals surface area contributed by atoms with Gasteiger partial charge < -0.3 is 9.80 Å². The molecule has 0 spiro atoms. The van der Waals surface area contributed by atoms with Gasteiger partial charge in [-0.3, -0.25) is 9.59 Å². The van der Waals surface area contributed by atoms with Gasteiger partial charge in [-0.1, -0.05) is 0 Å². The Morgan fingerprint density at radius 1 is 1.04 bits per heavy atom. The summed E-state index contributed by atoms with van der Waals surface area (Å²) in [5.41, 5.74) is 0.275. The number of hydrogen-bond acceptors (Lipinski definition) is 2. The van der Waals surface area contributed by atoms with Gasteiger partial charge in [-0.2, -0.15) is 0 Å². The molecule has 0 bridgehead atoms. The number of halogens is 2. The monoisotopic (exact) mass is 322 g/mol. The van der Waals surface area contributed by atoms with Crippen molar-refractivity contribution in [1.29, 1.82) is 0 Å². The number of amides is 2. The van der Waals surface area contributed by atoms with Gasteiger partial charge in [0.2, 0.25) is 5.91 Å². The lowest BCUT2D eigenvalue weighted by Gasteiger charge is -2.32. The molecule has 2 atom stereocenters. The Morgan fingerprint density at radius 2 is 1.70 bits per heavy atom. The molecule has 2 amide bonds. The molecule has 3 rings (SSSR count). The van der Waals surface area contributed by atoms with Crippen molar-refractivity contribution in [2.75, 3.05) is 19.6 Å². The minimum Gasteiger partial charge on any atom is -0.341 e. The number of likely N-dealkylation sites (tertiary alicyclic amines) is 2. The fraction of sp³-hybridized carbons (Fsp3) is 0.529. The smallest absolute Gasteiger partial charge is 0.254 e. The van der Waals surface area contributed by atoms with Crippen molar-refractivity contribution in [3.8, 4) is 0 Å². The van der Waals surface area contributed by atoms with Crippen molar-refractivity contribution in [2.45, 2.75) is 37.9 Å². The molecule has 0 aliphatic carbocycles. The maximum atomic E-state index is 13.9. The first-order valence-corrected chi connectivity index (χ1v) is 8.05. The van der Waals surface area contributed by atoms with Crippen LogP contribution in [-0.2, 0) is 4.79 Å². The highest BCUT2D eigenvalue weighted by Crippen LogP contribution is 2.25. The Balaban J connectivity index is 1.77. The van der Waals surface area contributed by atoms with Crippen LogP contribution in [0.2, 0.25) is 0 Å². The van der Waals surface area contributed by atoms with Crippen LogP contribution in [0.15, 0.2) is 24.3 Å². The van der Waals surface area contributed by atoms with E-state index in [0.29, 0.717) is 13.1 Å². The van der Waals surface area contributed by atoms with E-state index in [1.807, 2.05) is 0 Å². The molecule has 0 saturated carbocycles. The molecule has 0 unspecified atom stereocenters. The summed E-state index contributed by atoms with van der Waals surface area (Å²) in [6, 6.07) is 4.37. The van der Waals surface area contributed by atoms with Crippen LogP contribution in [0.4, 0.5) is 8.78 Å². The highest BCUT2D eigenvalue weighted by molar-refractivity contribution is 5.98. The van der Waals surface area contributed by atoms with Crippen LogP contribution in [0, 0.1) is 5.82 Å². The molecule has 4 nitrogen and oxygen atoms in total. The number of hydrogen-bond donors (Lipinski definition) is 0. The van der Waals surface area contributed by atoms with Crippen LogP contribution >= 0.6 is 0 Å². The van der Waals surface area contributed by atoms with E-state index in [-0.39, 0.29) is 24.4 Å². The highest BCUT2D eigenvalue weighted by atomic mass is 19.1. The van der Waals surface area contributed by atoms with E-state index in [4.69, 9.17) is 0 Å². The standard InChI is InChI=1S/C17H20F2N2O2/c18-13-6-4-12(5-7-13)16(22)21-11-14(19)10-15(21)17(23)20-8-2-1-3-9-20/h4-7,14-15H,1-3,8-11H2/t14-,15-/m0/s1. The molecule has 23 heavy (non-hydrogen) atoms. The minimum absolute atomic E-state index is 0.0439. The Bertz CT molecular complexity index is 585. The van der Waals surface area contributed by atoms with Crippen molar-refractivity contribution in [2.24, 2.45) is 0 Å². The van der Waals surface area contributed by atoms with E-state index in [9.17, 15) is 18.4 Å². The largest absolute Gasteiger partial charge is 0.341 e. The van der Waals surface area contributed by atoms with Gasteiger partial charge in [0.05, 0.1) is 6.54 Å². The zero-order valence-corrected chi connectivity index (χ0v) is 12.9. The lowest BCUT2D eigenvalue weighted by molar-refractivity contribution is -0.136. The first kappa shape index (κ1) is 15.9. The van der Waals surface area contributed by atoms with Gasteiger partial charge >= 0.3 is 0 Å². The second-order valence-corrected chi connectivity index (χ2v) is 6.20. The predicted octanol–water partition coefficient (Wildman–Crippen LogP) is 2.39. The Morgan fingerprint density at radius 3 is 2.35 bits per heavy atom. The number of carbonyl (C=O) groups is 2. The number of piperidine rings is 1. The molecule has 6 heteroatoms. The summed E-state index contributed by atoms with van der Waals surface area (Å²) < 4.78 is 26.9. The summed E-state index contributed by atoms with van der Waals surface area (Å²) in [4.78, 5) is 28.3. The highest BCUT2D eigenvalue weighted by Gasteiger charge is 2.41. The summed E-state index contributed by atoms with van der Waals surface area (Å²) in [6.45, 7) is 1.26. The summed E-state index contributed by atoms with van der Waals surface area (Å²) in [7, 11) is 0. The van der Waals surface area contributed by atoms with Crippen LogP contribution < -0.4 is 0 Å². The quantitative estimate of drug-likeness (QED) is 0.839. The summed E-state index contributed by atoms with van der Waals surface area (Å²) in [5.74, 6) is -1.02. The third-order valence-electron chi connectivity index (χ3n) is 4.55. The molecule has 124 valence electrons. The van der Waals surface area contributed by atoms with E-state index in [0.717, 1.165) is 19.3 Å². The topological polar surface area (TPSA) is 40.6 Å². The molecule has 0 N–H and O–H groups in total. The number of rotatable bonds is 2. The molecule has 2 aliphatic rings. The van der Waals surface area contributed by atoms with E-state index >= 15 is 0 Å². The molecule has 1 aromatic rings. The fourth-order valence-corrected chi connectivity index (χ4v) is 3.33. The van der Waals surface area contributed by atoms with E-state index < -0.39 is 23.9 Å². The van der Waals surface area contributed by atoms with Crippen LogP contribution in [0.25, 0.3) is 0 Å². The zero-order chi connectivity index (χ0) is 16.4.